The molecule has 0 unspecified atom stereocenters. The summed E-state index contributed by atoms with van der Waals surface area (Å²) in [5, 5.41) is 14.6. The molecule has 0 saturated heterocycles. The summed E-state index contributed by atoms with van der Waals surface area (Å²) in [6.07, 6.45) is 0.943. The Balaban J connectivity index is 3.08. The number of hydrogen-bond donors (Lipinski definition) is 1. The van der Waals surface area contributed by atoms with E-state index in [1.165, 1.54) is 11.8 Å². The molecule has 0 radical (unpaired) electrons. The van der Waals surface area contributed by atoms with Crippen molar-refractivity contribution in [1.29, 1.82) is 0 Å². The van der Waals surface area contributed by atoms with Crippen LogP contribution in [0, 0.1) is 10.1 Å². The second-order valence-corrected chi connectivity index (χ2v) is 5.62. The lowest BCUT2D eigenvalue weighted by molar-refractivity contribution is -0.386. The smallest absolute Gasteiger partial charge is 0.305 e. The molecule has 0 heterocycles. The zero-order valence-electron chi connectivity index (χ0n) is 10.4. The lowest BCUT2D eigenvalue weighted by Crippen LogP contribution is -2.04. The Morgan fingerprint density at radius 3 is 2.71 bits per heavy atom. The molecule has 94 valence electrons. The Hall–Kier alpha value is -1.23. The van der Waals surface area contributed by atoms with Crippen LogP contribution in [0.5, 0.6) is 0 Å². The van der Waals surface area contributed by atoms with Gasteiger partial charge in [-0.3, -0.25) is 10.1 Å². The number of nitro groups is 1. The highest BCUT2D eigenvalue weighted by Crippen LogP contribution is 2.37. The average molecular weight is 254 g/mol. The van der Waals surface area contributed by atoms with Crippen LogP contribution in [0.25, 0.3) is 0 Å². The minimum absolute atomic E-state index is 0.194. The van der Waals surface area contributed by atoms with Crippen molar-refractivity contribution in [2.24, 2.45) is 0 Å². The molecule has 0 bridgehead atoms. The number of rotatable bonds is 6. The van der Waals surface area contributed by atoms with Crippen LogP contribution in [0.4, 0.5) is 11.4 Å². The van der Waals surface area contributed by atoms with Crippen molar-refractivity contribution in [1.82, 2.24) is 0 Å². The Kier molecular flexibility index (Phi) is 5.28. The zero-order valence-corrected chi connectivity index (χ0v) is 11.2. The summed E-state index contributed by atoms with van der Waals surface area (Å²) >= 11 is 1.52. The van der Waals surface area contributed by atoms with E-state index in [1.54, 1.807) is 12.1 Å². The monoisotopic (exact) mass is 254 g/mol. The molecule has 0 aliphatic rings. The lowest BCUT2D eigenvalue weighted by atomic mass is 10.2. The van der Waals surface area contributed by atoms with E-state index in [2.05, 4.69) is 5.32 Å². The summed E-state index contributed by atoms with van der Waals surface area (Å²) in [4.78, 5) is 11.6. The average Bonchev–Trinajstić information content (AvgIpc) is 2.25. The van der Waals surface area contributed by atoms with Gasteiger partial charge in [-0.2, -0.15) is 0 Å². The minimum Gasteiger partial charge on any atom is -0.379 e. The van der Waals surface area contributed by atoms with E-state index in [4.69, 9.17) is 0 Å². The van der Waals surface area contributed by atoms with Gasteiger partial charge in [-0.25, -0.2) is 0 Å². The highest BCUT2D eigenvalue weighted by Gasteiger charge is 2.20. The number of para-hydroxylation sites is 1. The highest BCUT2D eigenvalue weighted by molar-refractivity contribution is 8.00. The van der Waals surface area contributed by atoms with Crippen molar-refractivity contribution in [3.8, 4) is 0 Å². The molecule has 1 aromatic rings. The molecule has 5 heteroatoms. The molecule has 17 heavy (non-hydrogen) atoms. The van der Waals surface area contributed by atoms with E-state index in [0.29, 0.717) is 10.9 Å². The van der Waals surface area contributed by atoms with Gasteiger partial charge in [0, 0.05) is 11.8 Å². The first kappa shape index (κ1) is 13.8. The van der Waals surface area contributed by atoms with Gasteiger partial charge in [-0.15, -0.1) is 11.8 Å². The van der Waals surface area contributed by atoms with Crippen LogP contribution in [-0.4, -0.2) is 16.7 Å². The van der Waals surface area contributed by atoms with E-state index in [-0.39, 0.29) is 10.6 Å². The maximum Gasteiger partial charge on any atom is 0.305 e. The number of nitro benzene ring substituents is 1. The van der Waals surface area contributed by atoms with Gasteiger partial charge in [0.15, 0.2) is 0 Å². The van der Waals surface area contributed by atoms with Crippen molar-refractivity contribution in [2.45, 2.75) is 37.3 Å². The Bertz CT molecular complexity index is 394. The molecular formula is C12H18N2O2S. The summed E-state index contributed by atoms with van der Waals surface area (Å²) in [5.41, 5.74) is 0.808. The van der Waals surface area contributed by atoms with Gasteiger partial charge in [-0.1, -0.05) is 26.8 Å². The van der Waals surface area contributed by atoms with Crippen LogP contribution in [0.1, 0.15) is 27.2 Å². The Labute approximate surface area is 106 Å². The fourth-order valence-electron chi connectivity index (χ4n) is 1.46. The van der Waals surface area contributed by atoms with Gasteiger partial charge in [0.2, 0.25) is 0 Å². The van der Waals surface area contributed by atoms with Crippen LogP contribution >= 0.6 is 11.8 Å². The predicted octanol–water partition coefficient (Wildman–Crippen LogP) is 3.92. The highest BCUT2D eigenvalue weighted by atomic mass is 32.2. The predicted molar refractivity (Wildman–Crippen MR) is 72.9 cm³/mol. The van der Waals surface area contributed by atoms with Gasteiger partial charge in [0.05, 0.1) is 9.82 Å². The summed E-state index contributed by atoms with van der Waals surface area (Å²) < 4.78 is 0. The lowest BCUT2D eigenvalue weighted by Gasteiger charge is -2.10. The van der Waals surface area contributed by atoms with Crippen molar-refractivity contribution in [2.75, 3.05) is 11.9 Å². The van der Waals surface area contributed by atoms with Gasteiger partial charge in [0.25, 0.3) is 0 Å². The Morgan fingerprint density at radius 1 is 1.47 bits per heavy atom. The zero-order chi connectivity index (χ0) is 12.8. The number of nitrogens with one attached hydrogen (secondary N) is 1. The molecule has 0 aliphatic heterocycles. The summed E-state index contributed by atoms with van der Waals surface area (Å²) in [6.45, 7) is 6.84. The molecule has 0 saturated carbocycles. The van der Waals surface area contributed by atoms with Crippen LogP contribution in [-0.2, 0) is 0 Å². The first-order valence-corrected chi connectivity index (χ1v) is 6.62. The summed E-state index contributed by atoms with van der Waals surface area (Å²) in [6, 6.07) is 5.42. The van der Waals surface area contributed by atoms with Gasteiger partial charge < -0.3 is 5.32 Å². The number of nitrogens with zero attached hydrogens (tertiary/aromatic N) is 1. The molecule has 0 aliphatic carbocycles. The number of benzene rings is 1. The van der Waals surface area contributed by atoms with Gasteiger partial charge in [-0.05, 0) is 18.6 Å². The minimum atomic E-state index is -0.303. The molecule has 0 fully saturated rings. The first-order chi connectivity index (χ1) is 8.06. The molecule has 0 atom stereocenters. The number of hydrogen-bond acceptors (Lipinski definition) is 4. The number of thioether (sulfide) groups is 1. The maximum atomic E-state index is 11.1. The summed E-state index contributed by atoms with van der Waals surface area (Å²) in [5.74, 6) is 0. The van der Waals surface area contributed by atoms with E-state index < -0.39 is 0 Å². The standard InChI is InChI=1S/C12H18N2O2S/c1-4-8-13-10-6-5-7-11(17-9(2)3)12(10)14(15)16/h5-7,9,13H,4,8H2,1-3H3. The summed E-state index contributed by atoms with van der Waals surface area (Å²) in [7, 11) is 0. The fourth-order valence-corrected chi connectivity index (χ4v) is 2.42. The maximum absolute atomic E-state index is 11.1. The van der Waals surface area contributed by atoms with Crippen molar-refractivity contribution in [3.63, 3.8) is 0 Å². The number of anilines is 1. The van der Waals surface area contributed by atoms with Crippen molar-refractivity contribution >= 4 is 23.1 Å². The molecule has 1 rings (SSSR count). The second-order valence-electron chi connectivity index (χ2n) is 4.00. The topological polar surface area (TPSA) is 55.2 Å². The molecule has 0 aromatic heterocycles. The largest absolute Gasteiger partial charge is 0.379 e. The van der Waals surface area contributed by atoms with Crippen LogP contribution in [0.3, 0.4) is 0 Å². The third kappa shape index (κ3) is 3.93. The second kappa shape index (κ2) is 6.49. The fraction of sp³-hybridized carbons (Fsp3) is 0.500. The van der Waals surface area contributed by atoms with Crippen LogP contribution in [0.15, 0.2) is 23.1 Å². The van der Waals surface area contributed by atoms with Crippen molar-refractivity contribution < 1.29 is 4.92 Å². The molecule has 1 N–H and O–H groups in total. The van der Waals surface area contributed by atoms with Gasteiger partial charge in [0.1, 0.15) is 5.69 Å². The van der Waals surface area contributed by atoms with Crippen LogP contribution in [0.2, 0.25) is 0 Å². The molecule has 1 aromatic carbocycles. The van der Waals surface area contributed by atoms with E-state index >= 15 is 0 Å². The van der Waals surface area contributed by atoms with E-state index in [9.17, 15) is 10.1 Å². The third-order valence-corrected chi connectivity index (χ3v) is 3.16. The third-order valence-electron chi connectivity index (χ3n) is 2.11. The van der Waals surface area contributed by atoms with Crippen molar-refractivity contribution in [3.05, 3.63) is 28.3 Å². The van der Waals surface area contributed by atoms with Crippen LogP contribution < -0.4 is 5.32 Å². The Morgan fingerprint density at radius 2 is 2.18 bits per heavy atom. The molecule has 4 nitrogen and oxygen atoms in total. The van der Waals surface area contributed by atoms with Gasteiger partial charge >= 0.3 is 5.69 Å². The quantitative estimate of drug-likeness (QED) is 0.475. The normalized spacial score (nSPS) is 10.6. The molecule has 0 amide bonds. The molecule has 0 spiro atoms. The molecular weight excluding hydrogens is 236 g/mol. The SMILES string of the molecule is CCCNc1cccc(SC(C)C)c1[N+](=O)[O-]. The van der Waals surface area contributed by atoms with E-state index in [0.717, 1.165) is 17.9 Å². The van der Waals surface area contributed by atoms with E-state index in [1.807, 2.05) is 26.8 Å². The first-order valence-electron chi connectivity index (χ1n) is 5.74.